The van der Waals surface area contributed by atoms with Crippen LogP contribution in [0, 0.1) is 13.8 Å². The number of rotatable bonds is 4. The molecule has 2 rings (SSSR count). The molecule has 0 fully saturated rings. The van der Waals surface area contributed by atoms with Crippen molar-refractivity contribution in [2.75, 3.05) is 0 Å². The van der Waals surface area contributed by atoms with Gasteiger partial charge >= 0.3 is 0 Å². The number of benzene rings is 1. The molecule has 0 atom stereocenters. The van der Waals surface area contributed by atoms with Crippen LogP contribution in [0.4, 0.5) is 0 Å². The van der Waals surface area contributed by atoms with Gasteiger partial charge in [0.2, 0.25) is 0 Å². The fourth-order valence-electron chi connectivity index (χ4n) is 1.65. The third-order valence-electron chi connectivity index (χ3n) is 2.55. The SMILES string of the molecule is Cc1ccc(SCc2nc(C)cc(CN)n2)cc1. The van der Waals surface area contributed by atoms with Gasteiger partial charge < -0.3 is 5.73 Å². The summed E-state index contributed by atoms with van der Waals surface area (Å²) in [7, 11) is 0. The van der Waals surface area contributed by atoms with E-state index in [2.05, 4.69) is 41.2 Å². The second kappa shape index (κ2) is 5.98. The highest BCUT2D eigenvalue weighted by molar-refractivity contribution is 7.98. The van der Waals surface area contributed by atoms with E-state index < -0.39 is 0 Å². The van der Waals surface area contributed by atoms with E-state index >= 15 is 0 Å². The maximum absolute atomic E-state index is 5.61. The molecule has 1 heterocycles. The second-order valence-corrected chi connectivity index (χ2v) is 5.27. The topological polar surface area (TPSA) is 51.8 Å². The first-order valence-electron chi connectivity index (χ1n) is 5.90. The molecule has 0 aliphatic heterocycles. The Morgan fingerprint density at radius 2 is 1.83 bits per heavy atom. The minimum Gasteiger partial charge on any atom is -0.325 e. The third-order valence-corrected chi connectivity index (χ3v) is 3.56. The molecule has 2 aromatic rings. The first-order valence-corrected chi connectivity index (χ1v) is 6.89. The van der Waals surface area contributed by atoms with Gasteiger partial charge in [-0.1, -0.05) is 17.7 Å². The monoisotopic (exact) mass is 259 g/mol. The maximum Gasteiger partial charge on any atom is 0.139 e. The summed E-state index contributed by atoms with van der Waals surface area (Å²) in [5.74, 6) is 1.62. The predicted molar refractivity (Wildman–Crippen MR) is 75.4 cm³/mol. The van der Waals surface area contributed by atoms with Crippen molar-refractivity contribution in [3.8, 4) is 0 Å². The molecule has 0 amide bonds. The lowest BCUT2D eigenvalue weighted by Crippen LogP contribution is -2.04. The Balaban J connectivity index is 2.05. The Morgan fingerprint density at radius 3 is 2.50 bits per heavy atom. The van der Waals surface area contributed by atoms with Gasteiger partial charge in [-0.2, -0.15) is 0 Å². The van der Waals surface area contributed by atoms with Crippen molar-refractivity contribution in [1.29, 1.82) is 0 Å². The molecule has 0 aliphatic rings. The molecule has 1 aromatic carbocycles. The van der Waals surface area contributed by atoms with Crippen molar-refractivity contribution in [3.63, 3.8) is 0 Å². The van der Waals surface area contributed by atoms with E-state index in [1.807, 2.05) is 13.0 Å². The molecule has 0 saturated heterocycles. The Kier molecular flexibility index (Phi) is 4.33. The van der Waals surface area contributed by atoms with Crippen molar-refractivity contribution < 1.29 is 0 Å². The molecule has 0 aliphatic carbocycles. The minimum atomic E-state index is 0.464. The van der Waals surface area contributed by atoms with Gasteiger partial charge in [0.25, 0.3) is 0 Å². The van der Waals surface area contributed by atoms with Crippen LogP contribution in [0.15, 0.2) is 35.2 Å². The summed E-state index contributed by atoms with van der Waals surface area (Å²) in [5.41, 5.74) is 8.77. The lowest BCUT2D eigenvalue weighted by Gasteiger charge is -2.05. The van der Waals surface area contributed by atoms with Gasteiger partial charge in [0.15, 0.2) is 0 Å². The van der Waals surface area contributed by atoms with Crippen LogP contribution in [0.5, 0.6) is 0 Å². The Hall–Kier alpha value is -1.39. The summed E-state index contributed by atoms with van der Waals surface area (Å²) in [6.07, 6.45) is 0. The van der Waals surface area contributed by atoms with Crippen LogP contribution in [0.1, 0.15) is 22.8 Å². The summed E-state index contributed by atoms with van der Waals surface area (Å²) in [5, 5.41) is 0. The van der Waals surface area contributed by atoms with Gasteiger partial charge in [-0.15, -0.1) is 11.8 Å². The molecule has 0 radical (unpaired) electrons. The Labute approximate surface area is 112 Å². The molecular weight excluding hydrogens is 242 g/mol. The molecule has 4 heteroatoms. The fourth-order valence-corrected chi connectivity index (χ4v) is 2.40. The van der Waals surface area contributed by atoms with Crippen LogP contribution in [0.2, 0.25) is 0 Å². The summed E-state index contributed by atoms with van der Waals surface area (Å²) in [6, 6.07) is 10.4. The molecule has 18 heavy (non-hydrogen) atoms. The highest BCUT2D eigenvalue weighted by Gasteiger charge is 2.02. The second-order valence-electron chi connectivity index (χ2n) is 4.22. The molecule has 0 saturated carbocycles. The van der Waals surface area contributed by atoms with Gasteiger partial charge in [0.1, 0.15) is 5.82 Å². The molecule has 3 nitrogen and oxygen atoms in total. The van der Waals surface area contributed by atoms with Crippen molar-refractivity contribution in [2.45, 2.75) is 31.0 Å². The predicted octanol–water partition coefficient (Wildman–Crippen LogP) is 2.84. The van der Waals surface area contributed by atoms with E-state index in [1.165, 1.54) is 10.5 Å². The summed E-state index contributed by atoms with van der Waals surface area (Å²) in [4.78, 5) is 10.1. The van der Waals surface area contributed by atoms with Crippen molar-refractivity contribution in [3.05, 3.63) is 53.1 Å². The maximum atomic E-state index is 5.61. The van der Waals surface area contributed by atoms with E-state index in [9.17, 15) is 0 Å². The molecule has 0 bridgehead atoms. The van der Waals surface area contributed by atoms with Gasteiger partial charge in [-0.3, -0.25) is 0 Å². The molecule has 0 spiro atoms. The van der Waals surface area contributed by atoms with Crippen LogP contribution in [-0.2, 0) is 12.3 Å². The molecule has 2 N–H and O–H groups in total. The van der Waals surface area contributed by atoms with Crippen LogP contribution in [0.25, 0.3) is 0 Å². The van der Waals surface area contributed by atoms with Crippen molar-refractivity contribution in [2.24, 2.45) is 5.73 Å². The number of hydrogen-bond acceptors (Lipinski definition) is 4. The zero-order valence-electron chi connectivity index (χ0n) is 10.7. The van der Waals surface area contributed by atoms with E-state index in [-0.39, 0.29) is 0 Å². The number of thioether (sulfide) groups is 1. The fraction of sp³-hybridized carbons (Fsp3) is 0.286. The molecular formula is C14H17N3S. The van der Waals surface area contributed by atoms with Gasteiger partial charge in [-0.25, -0.2) is 9.97 Å². The first kappa shape index (κ1) is 13.1. The van der Waals surface area contributed by atoms with E-state index in [0.717, 1.165) is 23.0 Å². The molecule has 94 valence electrons. The normalized spacial score (nSPS) is 10.6. The lowest BCUT2D eigenvalue weighted by atomic mass is 10.2. The standard InChI is InChI=1S/C14H17N3S/c1-10-3-5-13(6-4-10)18-9-14-16-11(2)7-12(8-15)17-14/h3-7H,8-9,15H2,1-2H3. The van der Waals surface area contributed by atoms with Gasteiger partial charge in [-0.05, 0) is 32.0 Å². The first-order chi connectivity index (χ1) is 8.67. The van der Waals surface area contributed by atoms with Crippen LogP contribution in [0.3, 0.4) is 0 Å². The number of nitrogens with zero attached hydrogens (tertiary/aromatic N) is 2. The van der Waals surface area contributed by atoms with Crippen molar-refractivity contribution in [1.82, 2.24) is 9.97 Å². The van der Waals surface area contributed by atoms with Crippen LogP contribution in [-0.4, -0.2) is 9.97 Å². The van der Waals surface area contributed by atoms with Gasteiger partial charge in [0.05, 0.1) is 11.4 Å². The average Bonchev–Trinajstić information content (AvgIpc) is 2.37. The number of nitrogens with two attached hydrogens (primary N) is 1. The lowest BCUT2D eigenvalue weighted by molar-refractivity contribution is 0.900. The zero-order valence-corrected chi connectivity index (χ0v) is 11.5. The Bertz CT molecular complexity index is 523. The quantitative estimate of drug-likeness (QED) is 0.858. The molecule has 0 unspecified atom stereocenters. The van der Waals surface area contributed by atoms with E-state index in [1.54, 1.807) is 11.8 Å². The van der Waals surface area contributed by atoms with Gasteiger partial charge in [0, 0.05) is 17.1 Å². The highest BCUT2D eigenvalue weighted by atomic mass is 32.2. The smallest absolute Gasteiger partial charge is 0.139 e. The summed E-state index contributed by atoms with van der Waals surface area (Å²) < 4.78 is 0. The van der Waals surface area contributed by atoms with Crippen molar-refractivity contribution >= 4 is 11.8 Å². The average molecular weight is 259 g/mol. The summed E-state index contributed by atoms with van der Waals surface area (Å²) in [6.45, 7) is 4.53. The number of aromatic nitrogens is 2. The van der Waals surface area contributed by atoms with Crippen LogP contribution < -0.4 is 5.73 Å². The zero-order chi connectivity index (χ0) is 13.0. The highest BCUT2D eigenvalue weighted by Crippen LogP contribution is 2.21. The van der Waals surface area contributed by atoms with E-state index in [0.29, 0.717) is 6.54 Å². The largest absolute Gasteiger partial charge is 0.325 e. The minimum absolute atomic E-state index is 0.464. The number of hydrogen-bond donors (Lipinski definition) is 1. The van der Waals surface area contributed by atoms with E-state index in [4.69, 9.17) is 5.73 Å². The third kappa shape index (κ3) is 3.55. The number of aryl methyl sites for hydroxylation is 2. The summed E-state index contributed by atoms with van der Waals surface area (Å²) >= 11 is 1.74. The molecule has 1 aromatic heterocycles. The van der Waals surface area contributed by atoms with Crippen LogP contribution >= 0.6 is 11.8 Å². The Morgan fingerprint density at radius 1 is 1.11 bits per heavy atom.